The van der Waals surface area contributed by atoms with Crippen LogP contribution in [0.3, 0.4) is 0 Å². The van der Waals surface area contributed by atoms with Gasteiger partial charge < -0.3 is 4.57 Å². The highest BCUT2D eigenvalue weighted by molar-refractivity contribution is 6.14. The Morgan fingerprint density at radius 1 is 0.686 bits per heavy atom. The first-order chi connectivity index (χ1) is 17.0. The number of aryl methyl sites for hydroxylation is 1. The van der Waals surface area contributed by atoms with Crippen LogP contribution in [-0.4, -0.2) is 14.1 Å². The zero-order valence-electron chi connectivity index (χ0n) is 21.1. The third-order valence-corrected chi connectivity index (χ3v) is 7.26. The fourth-order valence-electron chi connectivity index (χ4n) is 5.57. The van der Waals surface area contributed by atoms with Crippen LogP contribution in [0.25, 0.3) is 49.9 Å². The minimum atomic E-state index is 0.357. The molecule has 0 bridgehead atoms. The molecule has 0 aliphatic heterocycles. The van der Waals surface area contributed by atoms with Crippen LogP contribution in [-0.2, 0) is 7.05 Å². The van der Waals surface area contributed by atoms with E-state index >= 15 is 0 Å². The zero-order chi connectivity index (χ0) is 24.3. The Morgan fingerprint density at radius 2 is 1.31 bits per heavy atom. The fraction of sp³-hybridized carbons (Fsp3) is 0.219. The summed E-state index contributed by atoms with van der Waals surface area (Å²) in [4.78, 5) is 5.17. The molecule has 0 atom stereocenters. The van der Waals surface area contributed by atoms with E-state index in [0.717, 1.165) is 22.4 Å². The summed E-state index contributed by atoms with van der Waals surface area (Å²) in [5, 5.41) is 2.61. The molecular weight excluding hydrogens is 426 g/mol. The van der Waals surface area contributed by atoms with Gasteiger partial charge in [0.2, 0.25) is 0 Å². The minimum Gasteiger partial charge on any atom is -0.343 e. The summed E-state index contributed by atoms with van der Waals surface area (Å²) in [5.74, 6) is 1.76. The van der Waals surface area contributed by atoms with Crippen LogP contribution in [0.4, 0.5) is 0 Å². The molecule has 0 aliphatic rings. The third kappa shape index (κ3) is 3.22. The van der Waals surface area contributed by atoms with Crippen LogP contribution in [0, 0.1) is 0 Å². The number of nitrogens with zero attached hydrogens (tertiary/aromatic N) is 3. The first-order valence-corrected chi connectivity index (χ1v) is 12.5. The van der Waals surface area contributed by atoms with Crippen LogP contribution in [0.1, 0.15) is 50.7 Å². The van der Waals surface area contributed by atoms with Crippen LogP contribution >= 0.6 is 0 Å². The van der Waals surface area contributed by atoms with Gasteiger partial charge >= 0.3 is 0 Å². The van der Waals surface area contributed by atoms with Crippen molar-refractivity contribution in [2.24, 2.45) is 7.05 Å². The monoisotopic (exact) mass is 457 g/mol. The van der Waals surface area contributed by atoms with Gasteiger partial charge in [-0.1, -0.05) is 94.4 Å². The summed E-state index contributed by atoms with van der Waals surface area (Å²) >= 11 is 0. The number of hydrogen-bond acceptors (Lipinski definition) is 1. The smallest absolute Gasteiger partial charge is 0.145 e. The second kappa shape index (κ2) is 8.13. The number of imidazole rings is 1. The van der Waals surface area contributed by atoms with E-state index in [0.29, 0.717) is 11.8 Å². The standard InChI is InChI=1S/C32H31N3/c1-20(2)24-19-25(21(3)4)31(29-23-15-9-11-17-27(23)34(5)30(24)29)35-28-18-12-10-16-26(28)33-32(35)22-13-7-6-8-14-22/h6-21H,1-5H3. The van der Waals surface area contributed by atoms with E-state index in [-0.39, 0.29) is 0 Å². The number of hydrogen-bond donors (Lipinski definition) is 0. The van der Waals surface area contributed by atoms with Gasteiger partial charge in [-0.3, -0.25) is 4.57 Å². The van der Waals surface area contributed by atoms with Crippen LogP contribution < -0.4 is 0 Å². The van der Waals surface area contributed by atoms with Crippen molar-refractivity contribution in [1.82, 2.24) is 14.1 Å². The van der Waals surface area contributed by atoms with Gasteiger partial charge in [0.15, 0.2) is 0 Å². The van der Waals surface area contributed by atoms with Crippen molar-refractivity contribution in [1.29, 1.82) is 0 Å². The molecule has 0 spiro atoms. The Labute approximate surface area is 206 Å². The molecule has 174 valence electrons. The summed E-state index contributed by atoms with van der Waals surface area (Å²) in [5.41, 5.74) is 9.87. The Morgan fingerprint density at radius 3 is 2.03 bits per heavy atom. The normalized spacial score (nSPS) is 12.1. The number of para-hydroxylation sites is 3. The number of fused-ring (bicyclic) bond motifs is 4. The second-order valence-electron chi connectivity index (χ2n) is 10.1. The first kappa shape index (κ1) is 21.7. The van der Waals surface area contributed by atoms with E-state index in [1.54, 1.807) is 0 Å². The van der Waals surface area contributed by atoms with Gasteiger partial charge in [-0.2, -0.15) is 0 Å². The highest BCUT2D eigenvalue weighted by atomic mass is 15.1. The van der Waals surface area contributed by atoms with Crippen LogP contribution in [0.2, 0.25) is 0 Å². The highest BCUT2D eigenvalue weighted by Gasteiger charge is 2.26. The Kier molecular flexibility index (Phi) is 5.03. The van der Waals surface area contributed by atoms with Crippen molar-refractivity contribution in [2.75, 3.05) is 0 Å². The van der Waals surface area contributed by atoms with Gasteiger partial charge in [-0.25, -0.2) is 4.98 Å². The fourth-order valence-corrected chi connectivity index (χ4v) is 5.57. The minimum absolute atomic E-state index is 0.357. The molecule has 35 heavy (non-hydrogen) atoms. The van der Waals surface area contributed by atoms with Crippen molar-refractivity contribution >= 4 is 32.8 Å². The van der Waals surface area contributed by atoms with Gasteiger partial charge in [-0.15, -0.1) is 0 Å². The molecule has 0 N–H and O–H groups in total. The lowest BCUT2D eigenvalue weighted by Crippen LogP contribution is -2.07. The van der Waals surface area contributed by atoms with E-state index in [1.807, 2.05) is 0 Å². The lowest BCUT2D eigenvalue weighted by atomic mass is 9.90. The molecule has 0 fully saturated rings. The molecule has 0 saturated carbocycles. The van der Waals surface area contributed by atoms with Crippen molar-refractivity contribution in [3.05, 3.63) is 96.1 Å². The SMILES string of the molecule is CC(C)c1cc(C(C)C)c2c(c1-n1c(-c3ccccc3)nc3ccccc31)c1ccccc1n2C. The molecule has 0 radical (unpaired) electrons. The van der Waals surface area contributed by atoms with Crippen molar-refractivity contribution in [3.63, 3.8) is 0 Å². The molecule has 0 aliphatic carbocycles. The molecule has 0 saturated heterocycles. The van der Waals surface area contributed by atoms with Crippen LogP contribution in [0.15, 0.2) is 84.9 Å². The van der Waals surface area contributed by atoms with Gasteiger partial charge in [0.1, 0.15) is 5.82 Å². The quantitative estimate of drug-likeness (QED) is 0.260. The molecule has 6 rings (SSSR count). The largest absolute Gasteiger partial charge is 0.343 e. The molecular formula is C32H31N3. The molecule has 2 heterocycles. The average Bonchev–Trinajstić information content (AvgIpc) is 3.40. The van der Waals surface area contributed by atoms with Gasteiger partial charge in [-0.05, 0) is 41.2 Å². The van der Waals surface area contributed by atoms with E-state index in [4.69, 9.17) is 4.98 Å². The molecule has 3 heteroatoms. The Balaban J connectivity index is 1.89. The summed E-state index contributed by atoms with van der Waals surface area (Å²) < 4.78 is 4.80. The number of benzene rings is 4. The molecule has 4 aromatic carbocycles. The van der Waals surface area contributed by atoms with Gasteiger partial charge in [0.25, 0.3) is 0 Å². The maximum absolute atomic E-state index is 5.17. The molecule has 0 unspecified atom stereocenters. The van der Waals surface area contributed by atoms with Gasteiger partial charge in [0, 0.05) is 28.9 Å². The molecule has 3 nitrogen and oxygen atoms in total. The van der Waals surface area contributed by atoms with Crippen molar-refractivity contribution in [2.45, 2.75) is 39.5 Å². The Bertz CT molecular complexity index is 1700. The highest BCUT2D eigenvalue weighted by Crippen LogP contribution is 2.43. The predicted molar refractivity (Wildman–Crippen MR) is 149 cm³/mol. The van der Waals surface area contributed by atoms with E-state index in [9.17, 15) is 0 Å². The van der Waals surface area contributed by atoms with E-state index < -0.39 is 0 Å². The van der Waals surface area contributed by atoms with E-state index in [2.05, 4.69) is 129 Å². The topological polar surface area (TPSA) is 22.8 Å². The maximum Gasteiger partial charge on any atom is 0.145 e. The third-order valence-electron chi connectivity index (χ3n) is 7.26. The molecule has 2 aromatic heterocycles. The lowest BCUT2D eigenvalue weighted by Gasteiger charge is -2.22. The Hall–Kier alpha value is -3.85. The summed E-state index contributed by atoms with van der Waals surface area (Å²) in [6, 6.07) is 30.4. The zero-order valence-corrected chi connectivity index (χ0v) is 21.1. The summed E-state index contributed by atoms with van der Waals surface area (Å²) in [6.45, 7) is 9.22. The predicted octanol–water partition coefficient (Wildman–Crippen LogP) is 8.58. The van der Waals surface area contributed by atoms with Crippen LogP contribution in [0.5, 0.6) is 0 Å². The summed E-state index contributed by atoms with van der Waals surface area (Å²) in [6.07, 6.45) is 0. The second-order valence-corrected chi connectivity index (χ2v) is 10.1. The average molecular weight is 458 g/mol. The number of aromatic nitrogens is 3. The number of rotatable bonds is 4. The molecule has 6 aromatic rings. The lowest BCUT2D eigenvalue weighted by molar-refractivity contribution is 0.825. The first-order valence-electron chi connectivity index (χ1n) is 12.5. The van der Waals surface area contributed by atoms with Crippen molar-refractivity contribution < 1.29 is 0 Å². The summed E-state index contributed by atoms with van der Waals surface area (Å²) in [7, 11) is 2.21. The van der Waals surface area contributed by atoms with E-state index in [1.165, 1.54) is 38.6 Å². The maximum atomic E-state index is 5.17. The molecule has 0 amide bonds. The van der Waals surface area contributed by atoms with Crippen molar-refractivity contribution in [3.8, 4) is 17.1 Å². The van der Waals surface area contributed by atoms with Gasteiger partial charge in [0.05, 0.1) is 22.2 Å².